The van der Waals surface area contributed by atoms with Crippen molar-refractivity contribution in [2.45, 2.75) is 51.3 Å². The number of carbonyl (C=O) groups is 2. The number of hydrogen-bond acceptors (Lipinski definition) is 8. The zero-order valence-electron chi connectivity index (χ0n) is 20.7. The highest BCUT2D eigenvalue weighted by Gasteiger charge is 2.29. The Kier molecular flexibility index (Phi) is 8.30. The maximum absolute atomic E-state index is 13.1. The zero-order valence-corrected chi connectivity index (χ0v) is 22.3. The fraction of sp³-hybridized carbons (Fsp3) is 0.440. The molecule has 1 aliphatic rings. The number of hydrogen-bond donors (Lipinski definition) is 1. The number of halogens is 1. The minimum Gasteiger partial charge on any atom is -0.483 e. The first-order chi connectivity index (χ1) is 17.3. The third-order valence-electron chi connectivity index (χ3n) is 5.94. The summed E-state index contributed by atoms with van der Waals surface area (Å²) in [4.78, 5) is 26.6. The van der Waals surface area contributed by atoms with Gasteiger partial charge in [-0.1, -0.05) is 18.7 Å². The average molecular weight is 533 g/mol. The number of nitrogens with one attached hydrogen (secondary N) is 1. The molecule has 2 heterocycles. The number of thiophene rings is 1. The van der Waals surface area contributed by atoms with E-state index in [1.54, 1.807) is 30.7 Å². The Labute approximate surface area is 217 Å². The number of aromatic nitrogens is 3. The number of esters is 1. The van der Waals surface area contributed by atoms with E-state index < -0.39 is 6.10 Å². The van der Waals surface area contributed by atoms with Crippen molar-refractivity contribution in [3.8, 4) is 5.75 Å². The van der Waals surface area contributed by atoms with Gasteiger partial charge in [-0.25, -0.2) is 9.18 Å². The lowest BCUT2D eigenvalue weighted by molar-refractivity contribution is -0.113. The Balaban J connectivity index is 1.41. The first-order valence-corrected chi connectivity index (χ1v) is 13.6. The Bertz CT molecular complexity index is 1240. The summed E-state index contributed by atoms with van der Waals surface area (Å²) in [5, 5.41) is 12.4. The quantitative estimate of drug-likeness (QED) is 0.299. The van der Waals surface area contributed by atoms with Crippen LogP contribution in [0.1, 0.15) is 59.9 Å². The highest BCUT2D eigenvalue weighted by atomic mass is 32.2. The second kappa shape index (κ2) is 11.4. The van der Waals surface area contributed by atoms with E-state index in [9.17, 15) is 14.0 Å². The van der Waals surface area contributed by atoms with Crippen LogP contribution >= 0.6 is 23.1 Å². The van der Waals surface area contributed by atoms with Gasteiger partial charge in [0.15, 0.2) is 17.1 Å². The summed E-state index contributed by atoms with van der Waals surface area (Å²) < 4.78 is 26.0. The van der Waals surface area contributed by atoms with E-state index in [1.165, 1.54) is 35.2 Å². The molecule has 0 bridgehead atoms. The predicted molar refractivity (Wildman–Crippen MR) is 137 cm³/mol. The maximum atomic E-state index is 13.1. The average Bonchev–Trinajstić information content (AvgIpc) is 3.38. The van der Waals surface area contributed by atoms with Crippen molar-refractivity contribution in [2.75, 3.05) is 17.7 Å². The zero-order chi connectivity index (χ0) is 25.8. The molecule has 2 aromatic heterocycles. The molecule has 192 valence electrons. The van der Waals surface area contributed by atoms with Crippen LogP contribution in [0, 0.1) is 11.7 Å². The van der Waals surface area contributed by atoms with Gasteiger partial charge in [0.1, 0.15) is 16.6 Å². The number of benzene rings is 1. The van der Waals surface area contributed by atoms with Crippen LogP contribution < -0.4 is 10.1 Å². The minimum atomic E-state index is -0.428. The molecule has 1 N–H and O–H groups in total. The number of nitrogens with zero attached hydrogens (tertiary/aromatic N) is 3. The Morgan fingerprint density at radius 2 is 2.06 bits per heavy atom. The molecule has 2 atom stereocenters. The first kappa shape index (κ1) is 26.2. The third kappa shape index (κ3) is 5.89. The molecule has 0 saturated carbocycles. The standard InChI is InChI=1S/C25H29FN4O4S2/c1-5-33-24(32)21-18-11-6-14(2)12-19(18)36-23(21)27-20(31)13-35-25-29-28-22(30(25)4)15(3)34-17-9-7-16(26)8-10-17/h7-10,14-15H,5-6,11-13H2,1-4H3,(H,27,31). The summed E-state index contributed by atoms with van der Waals surface area (Å²) in [6.07, 6.45) is 2.29. The number of fused-ring (bicyclic) bond motifs is 1. The molecule has 1 aromatic carbocycles. The van der Waals surface area contributed by atoms with Gasteiger partial charge in [0.2, 0.25) is 5.91 Å². The van der Waals surface area contributed by atoms with Gasteiger partial charge in [-0.2, -0.15) is 0 Å². The monoisotopic (exact) mass is 532 g/mol. The molecule has 2 unspecified atom stereocenters. The van der Waals surface area contributed by atoms with Crippen molar-refractivity contribution < 1.29 is 23.5 Å². The molecular weight excluding hydrogens is 503 g/mol. The highest BCUT2D eigenvalue weighted by Crippen LogP contribution is 2.40. The molecule has 0 aliphatic heterocycles. The molecule has 1 aliphatic carbocycles. The van der Waals surface area contributed by atoms with E-state index >= 15 is 0 Å². The Morgan fingerprint density at radius 3 is 2.78 bits per heavy atom. The topological polar surface area (TPSA) is 95.3 Å². The van der Waals surface area contributed by atoms with Crippen LogP contribution in [-0.2, 0) is 29.4 Å². The van der Waals surface area contributed by atoms with Crippen LogP contribution in [0.15, 0.2) is 29.4 Å². The van der Waals surface area contributed by atoms with Gasteiger partial charge in [-0.05, 0) is 68.9 Å². The summed E-state index contributed by atoms with van der Waals surface area (Å²) in [7, 11) is 1.80. The maximum Gasteiger partial charge on any atom is 0.341 e. The highest BCUT2D eigenvalue weighted by molar-refractivity contribution is 7.99. The lowest BCUT2D eigenvalue weighted by Gasteiger charge is -2.18. The SMILES string of the molecule is CCOC(=O)c1c(NC(=O)CSc2nnc(C(C)Oc3ccc(F)cc3)n2C)sc2c1CCC(C)C2. The van der Waals surface area contributed by atoms with Crippen molar-refractivity contribution >= 4 is 40.0 Å². The largest absolute Gasteiger partial charge is 0.483 e. The van der Waals surface area contributed by atoms with Crippen LogP contribution in [-0.4, -0.2) is 39.0 Å². The second-order valence-electron chi connectivity index (χ2n) is 8.73. The van der Waals surface area contributed by atoms with Gasteiger partial charge in [0.05, 0.1) is 17.9 Å². The van der Waals surface area contributed by atoms with Gasteiger partial charge in [-0.3, -0.25) is 4.79 Å². The molecular formula is C25H29FN4O4S2. The van der Waals surface area contributed by atoms with E-state index in [0.717, 1.165) is 29.7 Å². The number of ether oxygens (including phenoxy) is 2. The molecule has 36 heavy (non-hydrogen) atoms. The lowest BCUT2D eigenvalue weighted by Crippen LogP contribution is -2.18. The van der Waals surface area contributed by atoms with Gasteiger partial charge >= 0.3 is 5.97 Å². The van der Waals surface area contributed by atoms with Crippen LogP contribution in [0.3, 0.4) is 0 Å². The van der Waals surface area contributed by atoms with Crippen molar-refractivity contribution in [1.82, 2.24) is 14.8 Å². The molecule has 11 heteroatoms. The summed E-state index contributed by atoms with van der Waals surface area (Å²) in [5.41, 5.74) is 1.50. The molecule has 0 radical (unpaired) electrons. The van der Waals surface area contributed by atoms with Crippen molar-refractivity contribution in [1.29, 1.82) is 0 Å². The van der Waals surface area contributed by atoms with Crippen LogP contribution in [0.5, 0.6) is 5.75 Å². The van der Waals surface area contributed by atoms with Crippen LogP contribution in [0.25, 0.3) is 0 Å². The van der Waals surface area contributed by atoms with E-state index in [0.29, 0.717) is 33.2 Å². The number of thioether (sulfide) groups is 1. The molecule has 8 nitrogen and oxygen atoms in total. The van der Waals surface area contributed by atoms with Gasteiger partial charge in [0, 0.05) is 11.9 Å². The van der Waals surface area contributed by atoms with Crippen molar-refractivity contribution in [2.24, 2.45) is 13.0 Å². The van der Waals surface area contributed by atoms with E-state index in [2.05, 4.69) is 22.4 Å². The smallest absolute Gasteiger partial charge is 0.341 e. The fourth-order valence-corrected chi connectivity index (χ4v) is 6.26. The second-order valence-corrected chi connectivity index (χ2v) is 10.8. The van der Waals surface area contributed by atoms with E-state index in [4.69, 9.17) is 9.47 Å². The normalized spacial score (nSPS) is 15.8. The number of carbonyl (C=O) groups excluding carboxylic acids is 2. The van der Waals surface area contributed by atoms with E-state index in [-0.39, 0.29) is 30.1 Å². The summed E-state index contributed by atoms with van der Waals surface area (Å²) in [6, 6.07) is 5.76. The summed E-state index contributed by atoms with van der Waals surface area (Å²) >= 11 is 2.71. The first-order valence-electron chi connectivity index (χ1n) is 11.8. The van der Waals surface area contributed by atoms with E-state index in [1.807, 2.05) is 6.92 Å². The minimum absolute atomic E-state index is 0.0976. The van der Waals surface area contributed by atoms with Crippen molar-refractivity contribution in [3.63, 3.8) is 0 Å². The lowest BCUT2D eigenvalue weighted by atomic mass is 9.88. The Hall–Kier alpha value is -2.92. The predicted octanol–water partition coefficient (Wildman–Crippen LogP) is 5.19. The van der Waals surface area contributed by atoms with Gasteiger partial charge in [-0.15, -0.1) is 21.5 Å². The fourth-order valence-electron chi connectivity index (χ4n) is 4.13. The van der Waals surface area contributed by atoms with Crippen LogP contribution in [0.2, 0.25) is 0 Å². The third-order valence-corrected chi connectivity index (χ3v) is 8.13. The van der Waals surface area contributed by atoms with Crippen LogP contribution in [0.4, 0.5) is 9.39 Å². The molecule has 1 amide bonds. The summed E-state index contributed by atoms with van der Waals surface area (Å²) in [6.45, 7) is 6.07. The molecule has 0 saturated heterocycles. The Morgan fingerprint density at radius 1 is 1.31 bits per heavy atom. The number of anilines is 1. The number of rotatable bonds is 9. The molecule has 4 rings (SSSR count). The van der Waals surface area contributed by atoms with Crippen molar-refractivity contribution in [3.05, 3.63) is 51.9 Å². The molecule has 3 aromatic rings. The van der Waals surface area contributed by atoms with Gasteiger partial charge in [0.25, 0.3) is 0 Å². The molecule has 0 spiro atoms. The summed E-state index contributed by atoms with van der Waals surface area (Å²) in [5.74, 6) is 0.776. The van der Waals surface area contributed by atoms with Gasteiger partial charge < -0.3 is 19.4 Å². The number of amides is 1. The molecule has 0 fully saturated rings.